The van der Waals surface area contributed by atoms with Crippen molar-refractivity contribution in [2.45, 2.75) is 19.8 Å². The van der Waals surface area contributed by atoms with Gasteiger partial charge in [0.2, 0.25) is 11.0 Å². The van der Waals surface area contributed by atoms with Crippen LogP contribution in [0.4, 0.5) is 13.9 Å². The Balaban J connectivity index is 1.63. The van der Waals surface area contributed by atoms with Gasteiger partial charge in [0, 0.05) is 10.9 Å². The smallest absolute Gasteiger partial charge is 0.291 e. The molecule has 0 radical (unpaired) electrons. The molecule has 24 heavy (non-hydrogen) atoms. The van der Waals surface area contributed by atoms with E-state index in [-0.39, 0.29) is 17.5 Å². The van der Waals surface area contributed by atoms with Crippen LogP contribution in [0.2, 0.25) is 0 Å². The fourth-order valence-electron chi connectivity index (χ4n) is 1.92. The van der Waals surface area contributed by atoms with Gasteiger partial charge in [-0.1, -0.05) is 41.2 Å². The van der Waals surface area contributed by atoms with Crippen molar-refractivity contribution in [3.05, 3.63) is 45.9 Å². The molecule has 0 saturated heterocycles. The van der Waals surface area contributed by atoms with Gasteiger partial charge in [-0.2, -0.15) is 0 Å². The summed E-state index contributed by atoms with van der Waals surface area (Å²) in [4.78, 5) is 16.4. The lowest BCUT2D eigenvalue weighted by Gasteiger charge is -1.99. The monoisotopic (exact) mass is 366 g/mol. The molecule has 0 bridgehead atoms. The minimum atomic E-state index is -2.69. The van der Waals surface area contributed by atoms with E-state index in [1.54, 1.807) is 5.38 Å². The predicted octanol–water partition coefficient (Wildman–Crippen LogP) is 4.09. The third-order valence-corrected chi connectivity index (χ3v) is 4.85. The number of aromatic nitrogens is 3. The van der Waals surface area contributed by atoms with Crippen molar-refractivity contribution in [1.29, 1.82) is 0 Å². The van der Waals surface area contributed by atoms with E-state index in [0.29, 0.717) is 17.0 Å². The van der Waals surface area contributed by atoms with E-state index in [9.17, 15) is 13.6 Å². The van der Waals surface area contributed by atoms with Gasteiger partial charge in [0.15, 0.2) is 5.01 Å². The van der Waals surface area contributed by atoms with Gasteiger partial charge >= 0.3 is 0 Å². The van der Waals surface area contributed by atoms with E-state index in [1.165, 1.54) is 11.3 Å². The van der Waals surface area contributed by atoms with Crippen LogP contribution < -0.4 is 5.32 Å². The minimum absolute atomic E-state index is 0.0476. The minimum Gasteiger partial charge on any atom is -0.300 e. The second kappa shape index (κ2) is 7.10. The highest BCUT2D eigenvalue weighted by Crippen LogP contribution is 2.26. The quantitative estimate of drug-likeness (QED) is 0.738. The number of benzene rings is 1. The first-order valence-corrected chi connectivity index (χ1v) is 8.64. The second-order valence-electron chi connectivity index (χ2n) is 4.98. The summed E-state index contributed by atoms with van der Waals surface area (Å²) in [5.41, 5.74) is 2.77. The number of carbonyl (C=O) groups excluding carboxylic acids is 1. The lowest BCUT2D eigenvalue weighted by Crippen LogP contribution is -2.14. The first kappa shape index (κ1) is 16.6. The molecule has 3 rings (SSSR count). The molecule has 0 aliphatic rings. The number of halogens is 2. The van der Waals surface area contributed by atoms with Crippen LogP contribution in [0.3, 0.4) is 0 Å². The van der Waals surface area contributed by atoms with Crippen LogP contribution in [0, 0.1) is 6.92 Å². The fraction of sp³-hybridized carbons (Fsp3) is 0.200. The van der Waals surface area contributed by atoms with E-state index in [4.69, 9.17) is 0 Å². The SMILES string of the molecule is Cc1ccc(-c2nc(CC(=O)Nc3nnc(C(F)F)s3)cs2)cc1. The maximum absolute atomic E-state index is 12.4. The Labute approximate surface area is 144 Å². The molecular formula is C15H12F2N4OS2. The van der Waals surface area contributed by atoms with Crippen LogP contribution in [0.1, 0.15) is 22.7 Å². The largest absolute Gasteiger partial charge is 0.300 e. The number of thiazole rings is 1. The number of aryl methyl sites for hydroxylation is 1. The van der Waals surface area contributed by atoms with Gasteiger partial charge in [-0.05, 0) is 6.92 Å². The summed E-state index contributed by atoms with van der Waals surface area (Å²) in [6, 6.07) is 7.95. The summed E-state index contributed by atoms with van der Waals surface area (Å²) in [6.07, 6.45) is -2.64. The Morgan fingerprint density at radius 3 is 2.67 bits per heavy atom. The maximum atomic E-state index is 12.4. The van der Waals surface area contributed by atoms with Gasteiger partial charge in [0.1, 0.15) is 5.01 Å². The van der Waals surface area contributed by atoms with Crippen molar-refractivity contribution < 1.29 is 13.6 Å². The molecular weight excluding hydrogens is 354 g/mol. The molecule has 0 fully saturated rings. The summed E-state index contributed by atoms with van der Waals surface area (Å²) < 4.78 is 24.9. The summed E-state index contributed by atoms with van der Waals surface area (Å²) in [5, 5.41) is 11.6. The third-order valence-electron chi connectivity index (χ3n) is 3.07. The first-order chi connectivity index (χ1) is 11.5. The van der Waals surface area contributed by atoms with Crippen molar-refractivity contribution in [2.75, 3.05) is 5.32 Å². The number of hydrogen-bond acceptors (Lipinski definition) is 6. The van der Waals surface area contributed by atoms with Gasteiger partial charge in [-0.25, -0.2) is 13.8 Å². The van der Waals surface area contributed by atoms with Crippen molar-refractivity contribution in [3.63, 3.8) is 0 Å². The molecule has 124 valence electrons. The molecule has 0 saturated carbocycles. The molecule has 1 amide bonds. The molecule has 1 N–H and O–H groups in total. The first-order valence-electron chi connectivity index (χ1n) is 6.94. The zero-order valence-electron chi connectivity index (χ0n) is 12.5. The number of rotatable bonds is 5. The molecule has 2 aromatic heterocycles. The molecule has 5 nitrogen and oxygen atoms in total. The Kier molecular flexibility index (Phi) is 4.91. The molecule has 1 aromatic carbocycles. The molecule has 0 aliphatic carbocycles. The van der Waals surface area contributed by atoms with E-state index in [0.717, 1.165) is 16.1 Å². The molecule has 0 atom stereocenters. The van der Waals surface area contributed by atoms with Crippen LogP contribution in [-0.4, -0.2) is 21.1 Å². The Hall–Kier alpha value is -2.26. The molecule has 2 heterocycles. The van der Waals surface area contributed by atoms with E-state index >= 15 is 0 Å². The summed E-state index contributed by atoms with van der Waals surface area (Å²) in [7, 11) is 0. The van der Waals surface area contributed by atoms with Crippen LogP contribution >= 0.6 is 22.7 Å². The zero-order valence-corrected chi connectivity index (χ0v) is 14.1. The van der Waals surface area contributed by atoms with Crippen molar-refractivity contribution in [2.24, 2.45) is 0 Å². The van der Waals surface area contributed by atoms with Crippen LogP contribution in [0.25, 0.3) is 10.6 Å². The standard InChI is InChI=1S/C15H12F2N4OS2/c1-8-2-4-9(5-3-8)13-18-10(7-23-13)6-11(22)19-15-21-20-14(24-15)12(16)17/h2-5,7,12H,6H2,1H3,(H,19,21,22). The number of alkyl halides is 2. The normalized spacial score (nSPS) is 11.0. The topological polar surface area (TPSA) is 67.8 Å². The Bertz CT molecular complexity index is 845. The summed E-state index contributed by atoms with van der Waals surface area (Å²) in [6.45, 7) is 2.01. The number of nitrogens with zero attached hydrogens (tertiary/aromatic N) is 3. The van der Waals surface area contributed by atoms with E-state index in [2.05, 4.69) is 20.5 Å². The number of amides is 1. The van der Waals surface area contributed by atoms with Crippen LogP contribution in [-0.2, 0) is 11.2 Å². The molecule has 0 spiro atoms. The maximum Gasteiger partial charge on any atom is 0.291 e. The number of nitrogens with one attached hydrogen (secondary N) is 1. The van der Waals surface area contributed by atoms with E-state index < -0.39 is 11.4 Å². The van der Waals surface area contributed by atoms with Crippen molar-refractivity contribution in [3.8, 4) is 10.6 Å². The Morgan fingerprint density at radius 1 is 1.25 bits per heavy atom. The van der Waals surface area contributed by atoms with Gasteiger partial charge < -0.3 is 5.32 Å². The highest BCUT2D eigenvalue weighted by Gasteiger charge is 2.16. The molecule has 0 unspecified atom stereocenters. The molecule has 0 aliphatic heterocycles. The van der Waals surface area contributed by atoms with Gasteiger partial charge in [-0.3, -0.25) is 4.79 Å². The number of hydrogen-bond donors (Lipinski definition) is 1. The average molecular weight is 366 g/mol. The van der Waals surface area contributed by atoms with Gasteiger partial charge in [0.25, 0.3) is 6.43 Å². The van der Waals surface area contributed by atoms with Crippen LogP contribution in [0.15, 0.2) is 29.6 Å². The number of carbonyl (C=O) groups is 1. The lowest BCUT2D eigenvalue weighted by atomic mass is 10.2. The predicted molar refractivity (Wildman–Crippen MR) is 89.5 cm³/mol. The summed E-state index contributed by atoms with van der Waals surface area (Å²) in [5.74, 6) is -0.368. The van der Waals surface area contributed by atoms with Crippen LogP contribution in [0.5, 0.6) is 0 Å². The molecule has 9 heteroatoms. The number of anilines is 1. The van der Waals surface area contributed by atoms with Gasteiger partial charge in [-0.15, -0.1) is 21.5 Å². The highest BCUT2D eigenvalue weighted by molar-refractivity contribution is 7.15. The van der Waals surface area contributed by atoms with Crippen molar-refractivity contribution >= 4 is 33.7 Å². The average Bonchev–Trinajstić information content (AvgIpc) is 3.17. The van der Waals surface area contributed by atoms with E-state index in [1.807, 2.05) is 31.2 Å². The second-order valence-corrected chi connectivity index (χ2v) is 6.85. The third kappa shape index (κ3) is 3.98. The Morgan fingerprint density at radius 2 is 2.00 bits per heavy atom. The summed E-state index contributed by atoms with van der Waals surface area (Å²) >= 11 is 2.11. The van der Waals surface area contributed by atoms with Crippen molar-refractivity contribution in [1.82, 2.24) is 15.2 Å². The van der Waals surface area contributed by atoms with Gasteiger partial charge in [0.05, 0.1) is 12.1 Å². The lowest BCUT2D eigenvalue weighted by molar-refractivity contribution is -0.115. The fourth-order valence-corrected chi connectivity index (χ4v) is 3.36. The zero-order chi connectivity index (χ0) is 17.1. The highest BCUT2D eigenvalue weighted by atomic mass is 32.1. The molecule has 3 aromatic rings.